The number of H-pyrrole nitrogens is 1. The molecular weight excluding hydrogens is 372 g/mol. The maximum Gasteiger partial charge on any atom is 0.347 e. The number of carbonyl (C=O) groups is 2. The third kappa shape index (κ3) is 4.19. The summed E-state index contributed by atoms with van der Waals surface area (Å²) in [5, 5.41) is 10.5. The highest BCUT2D eigenvalue weighted by Crippen LogP contribution is 2.29. The van der Waals surface area contributed by atoms with Gasteiger partial charge in [-0.05, 0) is 23.3 Å². The summed E-state index contributed by atoms with van der Waals surface area (Å²) in [5.41, 5.74) is 0.684. The van der Waals surface area contributed by atoms with Gasteiger partial charge < -0.3 is 19.7 Å². The van der Waals surface area contributed by atoms with Gasteiger partial charge >= 0.3 is 5.97 Å². The Hall–Kier alpha value is -3.87. The topological polar surface area (TPSA) is 99.7 Å². The van der Waals surface area contributed by atoms with Crippen LogP contribution < -0.4 is 10.5 Å². The van der Waals surface area contributed by atoms with Crippen LogP contribution in [0.3, 0.4) is 0 Å². The molecule has 2 N–H and O–H groups in total. The minimum absolute atomic E-state index is 0.0667. The second-order valence-electron chi connectivity index (χ2n) is 6.59. The van der Waals surface area contributed by atoms with E-state index in [0.717, 1.165) is 11.3 Å². The number of ether oxygens (including phenoxy) is 1. The van der Waals surface area contributed by atoms with Crippen LogP contribution in [0.1, 0.15) is 26.3 Å². The molecule has 0 aliphatic rings. The number of aromatic amines is 1. The van der Waals surface area contributed by atoms with Crippen molar-refractivity contribution in [1.29, 1.82) is 0 Å². The first-order chi connectivity index (χ1) is 13.9. The maximum atomic E-state index is 12.5. The van der Waals surface area contributed by atoms with E-state index in [1.54, 1.807) is 48.5 Å². The van der Waals surface area contributed by atoms with Gasteiger partial charge in [-0.3, -0.25) is 9.59 Å². The Kier molecular flexibility index (Phi) is 5.78. The third-order valence-electron chi connectivity index (χ3n) is 4.43. The predicted molar refractivity (Wildman–Crippen MR) is 109 cm³/mol. The Morgan fingerprint density at radius 1 is 1.10 bits per heavy atom. The number of nitrogens with one attached hydrogen (secondary N) is 1. The largest absolute Gasteiger partial charge is 0.506 e. The number of pyridine rings is 1. The van der Waals surface area contributed by atoms with Crippen molar-refractivity contribution in [2.75, 3.05) is 19.0 Å². The molecule has 0 atom stereocenters. The normalized spacial score (nSPS) is 10.4. The molecule has 7 nitrogen and oxygen atoms in total. The molecule has 0 saturated carbocycles. The van der Waals surface area contributed by atoms with Gasteiger partial charge in [0.25, 0.3) is 5.56 Å². The zero-order chi connectivity index (χ0) is 21.0. The summed E-state index contributed by atoms with van der Waals surface area (Å²) in [6.07, 6.45) is 0.397. The molecule has 3 aromatic rings. The number of aromatic hydroxyl groups is 1. The first-order valence-electron chi connectivity index (χ1n) is 8.85. The standard InChI is InChI=1S/C22H20N2O5/c1-24(2)16-10-8-15(9-11-16)19-17(12-25)20(26)18(21(27)23-19)22(28)29-13-14-6-4-3-5-7-14/h3-12H,13H2,1-2H3,(H2,23,26,27). The number of anilines is 1. The highest BCUT2D eigenvalue weighted by Gasteiger charge is 2.24. The van der Waals surface area contributed by atoms with E-state index >= 15 is 0 Å². The molecular formula is C22H20N2O5. The van der Waals surface area contributed by atoms with Crippen LogP contribution in [0.4, 0.5) is 5.69 Å². The van der Waals surface area contributed by atoms with Gasteiger partial charge in [0, 0.05) is 19.8 Å². The van der Waals surface area contributed by atoms with Gasteiger partial charge in [0.15, 0.2) is 11.8 Å². The minimum Gasteiger partial charge on any atom is -0.506 e. The fraction of sp³-hybridized carbons (Fsp3) is 0.136. The summed E-state index contributed by atoms with van der Waals surface area (Å²) in [7, 11) is 3.77. The summed E-state index contributed by atoms with van der Waals surface area (Å²) < 4.78 is 5.12. The molecule has 0 unspecified atom stereocenters. The van der Waals surface area contributed by atoms with Crippen LogP contribution in [0.15, 0.2) is 59.4 Å². The summed E-state index contributed by atoms with van der Waals surface area (Å²) in [6, 6.07) is 15.9. The van der Waals surface area contributed by atoms with Gasteiger partial charge in [0.05, 0.1) is 11.3 Å². The van der Waals surface area contributed by atoms with Gasteiger partial charge in [0.2, 0.25) is 0 Å². The molecule has 148 valence electrons. The lowest BCUT2D eigenvalue weighted by Crippen LogP contribution is -2.22. The molecule has 1 aromatic heterocycles. The van der Waals surface area contributed by atoms with Crippen LogP contribution in [0.25, 0.3) is 11.3 Å². The summed E-state index contributed by atoms with van der Waals surface area (Å²) in [4.78, 5) is 40.9. The van der Waals surface area contributed by atoms with E-state index in [0.29, 0.717) is 11.8 Å². The van der Waals surface area contributed by atoms with Crippen LogP contribution in [0, 0.1) is 0 Å². The second kappa shape index (κ2) is 8.43. The molecule has 0 saturated heterocycles. The number of carbonyl (C=O) groups excluding carboxylic acids is 2. The Labute approximate surface area is 167 Å². The molecule has 0 fully saturated rings. The van der Waals surface area contributed by atoms with Gasteiger partial charge in [-0.2, -0.15) is 0 Å². The molecule has 3 rings (SSSR count). The molecule has 0 bridgehead atoms. The maximum absolute atomic E-state index is 12.5. The Balaban J connectivity index is 1.95. The SMILES string of the molecule is CN(C)c1ccc(-c2[nH]c(=O)c(C(=O)OCc3ccccc3)c(O)c2C=O)cc1. The number of esters is 1. The lowest BCUT2D eigenvalue weighted by atomic mass is 10.0. The molecule has 1 heterocycles. The third-order valence-corrected chi connectivity index (χ3v) is 4.43. The molecule has 0 radical (unpaired) electrons. The number of hydrogen-bond donors (Lipinski definition) is 2. The number of rotatable bonds is 6. The molecule has 7 heteroatoms. The molecule has 0 spiro atoms. The van der Waals surface area contributed by atoms with Crippen molar-refractivity contribution in [1.82, 2.24) is 4.98 Å². The molecule has 0 aliphatic heterocycles. The van der Waals surface area contributed by atoms with Crippen molar-refractivity contribution in [3.63, 3.8) is 0 Å². The lowest BCUT2D eigenvalue weighted by Gasteiger charge is -2.14. The summed E-state index contributed by atoms with van der Waals surface area (Å²) in [5.74, 6) is -1.71. The number of benzene rings is 2. The van der Waals surface area contributed by atoms with E-state index in [4.69, 9.17) is 4.74 Å². The number of hydrogen-bond acceptors (Lipinski definition) is 6. The zero-order valence-electron chi connectivity index (χ0n) is 16.0. The van der Waals surface area contributed by atoms with E-state index in [1.807, 2.05) is 25.1 Å². The quantitative estimate of drug-likeness (QED) is 0.494. The minimum atomic E-state index is -1.01. The average molecular weight is 392 g/mol. The molecule has 2 aromatic carbocycles. The highest BCUT2D eigenvalue weighted by atomic mass is 16.5. The van der Waals surface area contributed by atoms with E-state index < -0.39 is 22.8 Å². The molecule has 0 aliphatic carbocycles. The zero-order valence-corrected chi connectivity index (χ0v) is 16.0. The van der Waals surface area contributed by atoms with Gasteiger partial charge in [-0.25, -0.2) is 4.79 Å². The van der Waals surface area contributed by atoms with Crippen LogP contribution in [-0.2, 0) is 11.3 Å². The van der Waals surface area contributed by atoms with E-state index in [9.17, 15) is 19.5 Å². The average Bonchev–Trinajstić information content (AvgIpc) is 2.72. The van der Waals surface area contributed by atoms with Crippen molar-refractivity contribution in [3.8, 4) is 17.0 Å². The van der Waals surface area contributed by atoms with Crippen molar-refractivity contribution >= 4 is 17.9 Å². The number of aldehydes is 1. The Morgan fingerprint density at radius 3 is 2.34 bits per heavy atom. The molecule has 0 amide bonds. The fourth-order valence-electron chi connectivity index (χ4n) is 2.86. The van der Waals surface area contributed by atoms with Crippen molar-refractivity contribution in [2.24, 2.45) is 0 Å². The van der Waals surface area contributed by atoms with Crippen LogP contribution in [0.5, 0.6) is 5.75 Å². The summed E-state index contributed by atoms with van der Waals surface area (Å²) in [6.45, 7) is -0.0667. The van der Waals surface area contributed by atoms with Crippen LogP contribution in [0.2, 0.25) is 0 Å². The second-order valence-corrected chi connectivity index (χ2v) is 6.59. The first-order valence-corrected chi connectivity index (χ1v) is 8.85. The highest BCUT2D eigenvalue weighted by molar-refractivity contribution is 5.98. The van der Waals surface area contributed by atoms with Crippen molar-refractivity contribution < 1.29 is 19.4 Å². The van der Waals surface area contributed by atoms with E-state index in [1.165, 1.54) is 0 Å². The predicted octanol–water partition coefficient (Wildman–Crippen LogP) is 2.98. The monoisotopic (exact) mass is 392 g/mol. The van der Waals surface area contributed by atoms with Crippen molar-refractivity contribution in [2.45, 2.75) is 6.61 Å². The summed E-state index contributed by atoms with van der Waals surface area (Å²) >= 11 is 0. The van der Waals surface area contributed by atoms with Gasteiger partial charge in [0.1, 0.15) is 12.4 Å². The number of nitrogens with zero attached hydrogens (tertiary/aromatic N) is 1. The van der Waals surface area contributed by atoms with Gasteiger partial charge in [-0.1, -0.05) is 42.5 Å². The van der Waals surface area contributed by atoms with Crippen LogP contribution >= 0.6 is 0 Å². The van der Waals surface area contributed by atoms with E-state index in [2.05, 4.69) is 4.98 Å². The lowest BCUT2D eigenvalue weighted by molar-refractivity contribution is 0.0467. The van der Waals surface area contributed by atoms with Crippen LogP contribution in [-0.4, -0.2) is 36.4 Å². The Morgan fingerprint density at radius 2 is 1.76 bits per heavy atom. The fourth-order valence-corrected chi connectivity index (χ4v) is 2.86. The first kappa shape index (κ1) is 19.9. The Bertz CT molecular complexity index is 1090. The van der Waals surface area contributed by atoms with Gasteiger partial charge in [-0.15, -0.1) is 0 Å². The number of aromatic nitrogens is 1. The van der Waals surface area contributed by atoms with E-state index in [-0.39, 0.29) is 17.9 Å². The smallest absolute Gasteiger partial charge is 0.347 e. The van der Waals surface area contributed by atoms with Crippen molar-refractivity contribution in [3.05, 3.63) is 81.6 Å². The molecule has 29 heavy (non-hydrogen) atoms.